The normalized spacial score (nSPS) is 20.8. The second-order valence-electron chi connectivity index (χ2n) is 5.76. The van der Waals surface area contributed by atoms with Gasteiger partial charge in [-0.1, -0.05) is 0 Å². The molecule has 1 aromatic heterocycles. The highest BCUT2D eigenvalue weighted by Crippen LogP contribution is 2.37. The van der Waals surface area contributed by atoms with E-state index >= 15 is 0 Å². The molecule has 2 heterocycles. The minimum atomic E-state index is -0.594. The van der Waals surface area contributed by atoms with Gasteiger partial charge in [0.05, 0.1) is 29.7 Å². The minimum absolute atomic E-state index is 0.0679. The molecule has 1 fully saturated rings. The molecule has 0 atom stereocenters. The van der Waals surface area contributed by atoms with Crippen LogP contribution >= 0.6 is 0 Å². The Balaban J connectivity index is 2.31. The summed E-state index contributed by atoms with van der Waals surface area (Å²) in [6.45, 7) is 8.28. The number of methoxy groups -OCH3 is 1. The monoisotopic (exact) mass is 265 g/mol. The fourth-order valence-electron chi connectivity index (χ4n) is 1.89. The number of ether oxygens (including phenoxy) is 1. The van der Waals surface area contributed by atoms with Crippen molar-refractivity contribution in [3.8, 4) is 5.75 Å². The molecule has 104 valence electrons. The van der Waals surface area contributed by atoms with Crippen LogP contribution in [0.3, 0.4) is 0 Å². The van der Waals surface area contributed by atoms with E-state index in [1.807, 2.05) is 27.7 Å². The average Bonchev–Trinajstić information content (AvgIpc) is 2.51. The van der Waals surface area contributed by atoms with Crippen LogP contribution in [-0.4, -0.2) is 35.5 Å². The molecule has 0 aromatic carbocycles. The van der Waals surface area contributed by atoms with E-state index in [0.29, 0.717) is 12.1 Å². The summed E-state index contributed by atoms with van der Waals surface area (Å²) in [4.78, 5) is 4.09. The first-order valence-electron chi connectivity index (χ1n) is 6.29. The maximum absolute atomic E-state index is 9.94. The quantitative estimate of drug-likeness (QED) is 0.833. The Morgan fingerprint density at radius 2 is 1.84 bits per heavy atom. The molecular weight excluding hydrogens is 245 g/mol. The zero-order valence-electron chi connectivity index (χ0n) is 12.1. The summed E-state index contributed by atoms with van der Waals surface area (Å²) in [5, 5.41) is 9.94. The first-order chi connectivity index (χ1) is 8.77. The number of hydrogen-bond donors (Lipinski definition) is 1. The maximum atomic E-state index is 9.94. The molecule has 2 rings (SSSR count). The fraction of sp³-hybridized carbons (Fsp3) is 0.615. The van der Waals surface area contributed by atoms with Crippen LogP contribution < -0.4 is 5.46 Å². The summed E-state index contributed by atoms with van der Waals surface area (Å²) >= 11 is 0. The van der Waals surface area contributed by atoms with E-state index < -0.39 is 18.3 Å². The Bertz CT molecular complexity index is 460. The molecule has 1 aliphatic heterocycles. The van der Waals surface area contributed by atoms with E-state index in [-0.39, 0.29) is 5.75 Å². The van der Waals surface area contributed by atoms with Gasteiger partial charge in [0.1, 0.15) is 5.75 Å². The minimum Gasteiger partial charge on any atom is -0.507 e. The second kappa shape index (κ2) is 4.78. The van der Waals surface area contributed by atoms with Gasteiger partial charge < -0.3 is 19.2 Å². The zero-order valence-corrected chi connectivity index (χ0v) is 12.1. The van der Waals surface area contributed by atoms with Gasteiger partial charge in [-0.15, -0.1) is 0 Å². The summed E-state index contributed by atoms with van der Waals surface area (Å²) in [5.74, 6) is 0.0679. The number of nitrogens with zero attached hydrogens (tertiary/aromatic N) is 1. The average molecular weight is 265 g/mol. The smallest absolute Gasteiger partial charge is 0.498 e. The van der Waals surface area contributed by atoms with Gasteiger partial charge in [-0.3, -0.25) is 4.98 Å². The SMILES string of the molecule is COCc1cc(B2OC(C)(C)C(C)(C)O2)c(O)cn1. The Morgan fingerprint density at radius 1 is 1.26 bits per heavy atom. The van der Waals surface area contributed by atoms with Crippen LogP contribution in [0.5, 0.6) is 5.75 Å². The highest BCUT2D eigenvalue weighted by molar-refractivity contribution is 6.63. The summed E-state index contributed by atoms with van der Waals surface area (Å²) in [6.07, 6.45) is 1.40. The van der Waals surface area contributed by atoms with Gasteiger partial charge in [-0.25, -0.2) is 0 Å². The summed E-state index contributed by atoms with van der Waals surface area (Å²) in [5.41, 5.74) is 0.439. The Labute approximate surface area is 114 Å². The van der Waals surface area contributed by atoms with Crippen LogP contribution in [0.4, 0.5) is 0 Å². The summed E-state index contributed by atoms with van der Waals surface area (Å²) < 4.78 is 16.9. The van der Waals surface area contributed by atoms with Crippen LogP contribution in [0.1, 0.15) is 33.4 Å². The third kappa shape index (κ3) is 2.61. The Hall–Kier alpha value is -1.11. The van der Waals surface area contributed by atoms with Gasteiger partial charge in [0.15, 0.2) is 0 Å². The molecule has 5 nitrogen and oxygen atoms in total. The molecule has 0 saturated carbocycles. The van der Waals surface area contributed by atoms with Crippen molar-refractivity contribution in [2.24, 2.45) is 0 Å². The van der Waals surface area contributed by atoms with Crippen LogP contribution in [0, 0.1) is 0 Å². The molecule has 0 amide bonds. The van der Waals surface area contributed by atoms with Gasteiger partial charge in [-0.05, 0) is 33.8 Å². The first-order valence-corrected chi connectivity index (χ1v) is 6.29. The topological polar surface area (TPSA) is 60.8 Å². The maximum Gasteiger partial charge on any atom is 0.498 e. The van der Waals surface area contributed by atoms with E-state index in [2.05, 4.69) is 4.98 Å². The lowest BCUT2D eigenvalue weighted by Crippen LogP contribution is -2.41. The van der Waals surface area contributed by atoms with Crippen molar-refractivity contribution >= 4 is 12.6 Å². The number of aromatic hydroxyl groups is 1. The molecule has 0 aliphatic carbocycles. The second-order valence-corrected chi connectivity index (χ2v) is 5.76. The van der Waals surface area contributed by atoms with E-state index in [9.17, 15) is 5.11 Å². The third-order valence-electron chi connectivity index (χ3n) is 3.77. The van der Waals surface area contributed by atoms with Crippen molar-refractivity contribution in [2.45, 2.75) is 45.5 Å². The summed E-state index contributed by atoms with van der Waals surface area (Å²) in [6, 6.07) is 1.75. The molecule has 0 unspecified atom stereocenters. The number of hydrogen-bond acceptors (Lipinski definition) is 5. The lowest BCUT2D eigenvalue weighted by molar-refractivity contribution is 0.00578. The Morgan fingerprint density at radius 3 is 2.37 bits per heavy atom. The highest BCUT2D eigenvalue weighted by atomic mass is 16.7. The van der Waals surface area contributed by atoms with Crippen molar-refractivity contribution in [3.63, 3.8) is 0 Å². The predicted molar refractivity (Wildman–Crippen MR) is 72.3 cm³/mol. The van der Waals surface area contributed by atoms with Gasteiger partial charge >= 0.3 is 7.12 Å². The van der Waals surface area contributed by atoms with Crippen LogP contribution in [-0.2, 0) is 20.7 Å². The summed E-state index contributed by atoms with van der Waals surface area (Å²) in [7, 11) is 1.01. The molecule has 1 N–H and O–H groups in total. The predicted octanol–water partition coefficient (Wildman–Crippen LogP) is 1.23. The van der Waals surface area contributed by atoms with Crippen LogP contribution in [0.15, 0.2) is 12.3 Å². The van der Waals surface area contributed by atoms with E-state index in [1.165, 1.54) is 6.20 Å². The van der Waals surface area contributed by atoms with Crippen molar-refractivity contribution in [3.05, 3.63) is 18.0 Å². The van der Waals surface area contributed by atoms with Gasteiger partial charge in [0.25, 0.3) is 0 Å². The number of pyridine rings is 1. The lowest BCUT2D eigenvalue weighted by Gasteiger charge is -2.32. The molecule has 19 heavy (non-hydrogen) atoms. The molecular formula is C13H20BNO4. The standard InChI is InChI=1S/C13H20BNO4/c1-12(2)13(3,4)19-14(18-12)10-6-9(8-17-5)15-7-11(10)16/h6-7,16H,8H2,1-5H3. The van der Waals surface area contributed by atoms with Gasteiger partial charge in [-0.2, -0.15) is 0 Å². The van der Waals surface area contributed by atoms with Crippen molar-refractivity contribution in [2.75, 3.05) is 7.11 Å². The number of aromatic nitrogens is 1. The number of rotatable bonds is 3. The largest absolute Gasteiger partial charge is 0.507 e. The third-order valence-corrected chi connectivity index (χ3v) is 3.77. The molecule has 0 bridgehead atoms. The molecule has 0 spiro atoms. The molecule has 6 heteroatoms. The van der Waals surface area contributed by atoms with Crippen molar-refractivity contribution in [1.29, 1.82) is 0 Å². The fourth-order valence-corrected chi connectivity index (χ4v) is 1.89. The highest BCUT2D eigenvalue weighted by Gasteiger charge is 2.52. The van der Waals surface area contributed by atoms with E-state index in [1.54, 1.807) is 13.2 Å². The van der Waals surface area contributed by atoms with Crippen molar-refractivity contribution in [1.82, 2.24) is 4.98 Å². The van der Waals surface area contributed by atoms with Gasteiger partial charge in [0.2, 0.25) is 0 Å². The molecule has 1 saturated heterocycles. The van der Waals surface area contributed by atoms with Gasteiger partial charge in [0, 0.05) is 12.6 Å². The molecule has 1 aromatic rings. The van der Waals surface area contributed by atoms with Crippen LogP contribution in [0.25, 0.3) is 0 Å². The Kier molecular flexibility index (Phi) is 3.60. The van der Waals surface area contributed by atoms with E-state index in [0.717, 1.165) is 5.69 Å². The van der Waals surface area contributed by atoms with E-state index in [4.69, 9.17) is 14.0 Å². The van der Waals surface area contributed by atoms with Crippen LogP contribution in [0.2, 0.25) is 0 Å². The lowest BCUT2D eigenvalue weighted by atomic mass is 9.78. The molecule has 1 aliphatic rings. The first kappa shape index (κ1) is 14.3. The molecule has 0 radical (unpaired) electrons. The van der Waals surface area contributed by atoms with Crippen molar-refractivity contribution < 1.29 is 19.2 Å². The zero-order chi connectivity index (χ0) is 14.3.